The highest BCUT2D eigenvalue weighted by Crippen LogP contribution is 2.54. The lowest BCUT2D eigenvalue weighted by Crippen LogP contribution is -2.63. The van der Waals surface area contributed by atoms with E-state index in [1.165, 1.54) is 0 Å². The molecule has 27 nitrogen and oxygen atoms in total. The maximum atomic E-state index is 14.6. The van der Waals surface area contributed by atoms with Crippen LogP contribution in [0.5, 0.6) is 69.0 Å². The van der Waals surface area contributed by atoms with Crippen molar-refractivity contribution in [3.63, 3.8) is 0 Å². The molecule has 27 heteroatoms. The van der Waals surface area contributed by atoms with Crippen LogP contribution in [-0.4, -0.2) is 152 Å². The number of rotatable bonds is 4. The lowest BCUT2D eigenvalue weighted by Gasteiger charge is -2.44. The van der Waals surface area contributed by atoms with E-state index in [4.69, 9.17) is 33.2 Å². The fourth-order valence-electron chi connectivity index (χ4n) is 8.04. The maximum Gasteiger partial charge on any atom is 0.341 e. The Morgan fingerprint density at radius 2 is 1.10 bits per heavy atom. The molecule has 8 atom stereocenters. The third-order valence-electron chi connectivity index (χ3n) is 11.2. The monoisotopic (exact) mass is 954 g/mol. The van der Waals surface area contributed by atoms with Gasteiger partial charge in [-0.2, -0.15) is 0 Å². The highest BCUT2D eigenvalue weighted by Gasteiger charge is 2.58. The first kappa shape index (κ1) is 45.5. The molecule has 4 aromatic carbocycles. The molecule has 4 aromatic rings. The molecule has 4 heterocycles. The van der Waals surface area contributed by atoms with Gasteiger partial charge in [0.2, 0.25) is 29.6 Å². The molecule has 68 heavy (non-hydrogen) atoms. The summed E-state index contributed by atoms with van der Waals surface area (Å²) in [6, 6.07) is 2.36. The molecule has 13 N–H and O–H groups in total. The van der Waals surface area contributed by atoms with Crippen molar-refractivity contribution in [1.82, 2.24) is 0 Å². The molecule has 1 fully saturated rings. The standard InChI is InChI=1S/C41H30O27/c42-13-1-8(2-14(43)24(13)49)35(56)68-41-34-33-31(64-39(60)12(6-19(47)48)22-23-11(38(59)67-34)5-17(46)27(52)32(23)65-40(61)30(22)55)18(63-41)7-62-36(57)9-3-15(44)25(50)28(53)20(9)21-10(37(58)66-33)4-16(45)26(51)29(21)54/h1-5,12,18,22,30-31,33-34,41-46,49-55H,6-7H2,(H,47,48)/t12-,18-,22-,30-,31+,33-,34+,41-/m0/s1. The summed E-state index contributed by atoms with van der Waals surface area (Å²) in [5.41, 5.74) is -7.08. The number of carbonyl (C=O) groups is 7. The second kappa shape index (κ2) is 16.4. The Morgan fingerprint density at radius 3 is 1.69 bits per heavy atom. The number of ether oxygens (including phenoxy) is 7. The molecular formula is C41H30O27. The van der Waals surface area contributed by atoms with Crippen LogP contribution >= 0.6 is 0 Å². The van der Waals surface area contributed by atoms with Crippen molar-refractivity contribution in [2.45, 2.75) is 49.1 Å². The van der Waals surface area contributed by atoms with Gasteiger partial charge < -0.3 is 99.5 Å². The summed E-state index contributed by atoms with van der Waals surface area (Å²) >= 11 is 0. The van der Waals surface area contributed by atoms with Gasteiger partial charge in [0.1, 0.15) is 12.7 Å². The number of fused-ring (bicyclic) bond motifs is 3. The van der Waals surface area contributed by atoms with E-state index in [9.17, 15) is 99.9 Å². The van der Waals surface area contributed by atoms with Crippen LogP contribution in [0.3, 0.4) is 0 Å². The van der Waals surface area contributed by atoms with Crippen LogP contribution in [0.25, 0.3) is 11.1 Å². The van der Waals surface area contributed by atoms with Crippen LogP contribution in [0.4, 0.5) is 0 Å². The van der Waals surface area contributed by atoms with Crippen molar-refractivity contribution in [2.75, 3.05) is 6.61 Å². The Hall–Kier alpha value is -9.11. The summed E-state index contributed by atoms with van der Waals surface area (Å²) in [6.45, 7) is -1.31. The summed E-state index contributed by atoms with van der Waals surface area (Å²) in [5, 5.41) is 137. The van der Waals surface area contributed by atoms with E-state index in [0.29, 0.717) is 30.3 Å². The molecule has 0 amide bonds. The highest BCUT2D eigenvalue weighted by atomic mass is 16.7. The third-order valence-corrected chi connectivity index (χ3v) is 11.2. The molecule has 8 rings (SSSR count). The van der Waals surface area contributed by atoms with Gasteiger partial charge in [-0.3, -0.25) is 9.59 Å². The maximum absolute atomic E-state index is 14.6. The van der Waals surface area contributed by atoms with E-state index in [1.807, 2.05) is 0 Å². The van der Waals surface area contributed by atoms with Gasteiger partial charge in [-0.1, -0.05) is 0 Å². The van der Waals surface area contributed by atoms with E-state index in [1.54, 1.807) is 0 Å². The average molecular weight is 955 g/mol. The first-order chi connectivity index (χ1) is 32.0. The smallest absolute Gasteiger partial charge is 0.341 e. The topological polar surface area (TPSA) is 447 Å². The number of cyclic esters (lactones) is 1. The van der Waals surface area contributed by atoms with Crippen LogP contribution in [0.1, 0.15) is 59.3 Å². The number of phenolic OH excluding ortho intramolecular Hbond substituents is 11. The normalized spacial score (nSPS) is 24.3. The van der Waals surface area contributed by atoms with Gasteiger partial charge in [0.25, 0.3) is 0 Å². The van der Waals surface area contributed by atoms with Crippen LogP contribution in [0, 0.1) is 5.92 Å². The van der Waals surface area contributed by atoms with Gasteiger partial charge in [0.15, 0.2) is 70.1 Å². The summed E-state index contributed by atoms with van der Waals surface area (Å²) in [4.78, 5) is 96.8. The fraction of sp³-hybridized carbons (Fsp3) is 0.244. The molecule has 0 aliphatic carbocycles. The van der Waals surface area contributed by atoms with Gasteiger partial charge in [0, 0.05) is 22.6 Å². The van der Waals surface area contributed by atoms with E-state index in [0.717, 1.165) is 0 Å². The molecule has 0 spiro atoms. The SMILES string of the molecule is O=C(O)C[C@@H]1C(=O)O[C@H]2[C@@H]3OC(=O)c4cc(O)c(O)c(O)c4-c4c(cc(O)c(O)c4O)C(=O)OC[C@@H]2O[C@@H](OC(=O)c2cc(O)c(O)c(O)c2)[C@@H]3OC(=O)c2cc(O)c(O)c3c2[C@H]1[C@H](O)C(=O)O3. The van der Waals surface area contributed by atoms with E-state index in [-0.39, 0.29) is 0 Å². The molecule has 0 saturated carbocycles. The van der Waals surface area contributed by atoms with E-state index in [2.05, 4.69) is 0 Å². The van der Waals surface area contributed by atoms with Crippen molar-refractivity contribution in [3.8, 4) is 80.1 Å². The van der Waals surface area contributed by atoms with E-state index < -0.39 is 211 Å². The number of aliphatic carboxylic acids is 1. The second-order valence-electron chi connectivity index (χ2n) is 15.2. The Labute approximate surface area is 374 Å². The van der Waals surface area contributed by atoms with Crippen molar-refractivity contribution < 1.29 is 133 Å². The molecule has 4 aliphatic heterocycles. The molecule has 356 valence electrons. The van der Waals surface area contributed by atoms with Gasteiger partial charge >= 0.3 is 41.8 Å². The second-order valence-corrected chi connectivity index (χ2v) is 15.2. The van der Waals surface area contributed by atoms with Crippen molar-refractivity contribution >= 4 is 41.8 Å². The lowest BCUT2D eigenvalue weighted by atomic mass is 9.76. The quantitative estimate of drug-likeness (QED) is 0.0554. The number of hydrogen-bond acceptors (Lipinski definition) is 26. The Balaban J connectivity index is 1.39. The molecule has 4 bridgehead atoms. The number of aliphatic hydroxyl groups excluding tert-OH is 1. The third kappa shape index (κ3) is 7.31. The number of aliphatic hydroxyl groups is 1. The zero-order valence-electron chi connectivity index (χ0n) is 33.4. The highest BCUT2D eigenvalue weighted by molar-refractivity contribution is 6.08. The Morgan fingerprint density at radius 1 is 0.588 bits per heavy atom. The minimum Gasteiger partial charge on any atom is -0.504 e. The summed E-state index contributed by atoms with van der Waals surface area (Å²) < 4.78 is 38.8. The molecule has 4 aliphatic rings. The van der Waals surface area contributed by atoms with Gasteiger partial charge in [-0.25, -0.2) is 24.0 Å². The molecule has 0 radical (unpaired) electrons. The van der Waals surface area contributed by atoms with Crippen LogP contribution < -0.4 is 4.74 Å². The largest absolute Gasteiger partial charge is 0.504 e. The first-order valence-corrected chi connectivity index (χ1v) is 19.2. The molecule has 0 unspecified atom stereocenters. The predicted octanol–water partition coefficient (Wildman–Crippen LogP) is -0.00170. The van der Waals surface area contributed by atoms with Gasteiger partial charge in [-0.05, 0) is 30.3 Å². The number of carboxylic acids is 1. The average Bonchev–Trinajstić information content (AvgIpc) is 3.28. The molecule has 1 saturated heterocycles. The number of carbonyl (C=O) groups excluding carboxylic acids is 6. The number of aromatic hydroxyl groups is 11. The van der Waals surface area contributed by atoms with Gasteiger partial charge in [-0.15, -0.1) is 0 Å². The summed E-state index contributed by atoms with van der Waals surface area (Å²) in [5.74, 6) is -32.0. The molecule has 0 aromatic heterocycles. The van der Waals surface area contributed by atoms with Crippen molar-refractivity contribution in [1.29, 1.82) is 0 Å². The zero-order valence-corrected chi connectivity index (χ0v) is 33.4. The van der Waals surface area contributed by atoms with Crippen LogP contribution in [0.2, 0.25) is 0 Å². The summed E-state index contributed by atoms with van der Waals surface area (Å²) in [6.07, 6.45) is -16.3. The number of benzene rings is 4. The Bertz CT molecular complexity index is 2900. The van der Waals surface area contributed by atoms with Gasteiger partial charge in [0.05, 0.1) is 34.6 Å². The summed E-state index contributed by atoms with van der Waals surface area (Å²) in [7, 11) is 0. The Kier molecular flexibility index (Phi) is 11.0. The minimum atomic E-state index is -2.58. The number of esters is 6. The van der Waals surface area contributed by atoms with Crippen molar-refractivity contribution in [3.05, 3.63) is 58.1 Å². The number of hydrogen-bond donors (Lipinski definition) is 13. The van der Waals surface area contributed by atoms with Crippen molar-refractivity contribution in [2.24, 2.45) is 5.92 Å². The molecular weight excluding hydrogens is 924 g/mol. The lowest BCUT2D eigenvalue weighted by molar-refractivity contribution is -0.287. The van der Waals surface area contributed by atoms with Crippen LogP contribution in [-0.2, 0) is 42.8 Å². The van der Waals surface area contributed by atoms with E-state index >= 15 is 0 Å². The first-order valence-electron chi connectivity index (χ1n) is 19.2. The fourth-order valence-corrected chi connectivity index (χ4v) is 8.04. The number of phenols is 11. The minimum absolute atomic E-state index is 0.361. The van der Waals surface area contributed by atoms with Crippen LogP contribution in [0.15, 0.2) is 30.3 Å². The zero-order chi connectivity index (χ0) is 49.5. The predicted molar refractivity (Wildman–Crippen MR) is 206 cm³/mol. The number of carboxylic acid groups (broad SMARTS) is 1.